The average Bonchev–Trinajstić information content (AvgIpc) is 2.97. The standard InChI is InChI=1S/C14H18O9S/c1-7(2)12(17)21-4-9(16)22-10-11-14(18)5-13(10,6-15)3-8(14)24(19,20)23-11/h8,10-11,15,18H,1,3-6H2,2H3. The van der Waals surface area contributed by atoms with Gasteiger partial charge in [0.05, 0.1) is 6.61 Å². The molecule has 0 radical (unpaired) electrons. The molecular weight excluding hydrogens is 344 g/mol. The minimum atomic E-state index is -3.99. The topological polar surface area (TPSA) is 136 Å². The first-order chi connectivity index (χ1) is 11.1. The number of rotatable bonds is 5. The van der Waals surface area contributed by atoms with Crippen LogP contribution in [-0.2, 0) is 33.4 Å². The van der Waals surface area contributed by atoms with Crippen molar-refractivity contribution in [2.24, 2.45) is 5.41 Å². The van der Waals surface area contributed by atoms with Crippen LogP contribution in [0.15, 0.2) is 12.2 Å². The molecule has 2 saturated carbocycles. The van der Waals surface area contributed by atoms with Gasteiger partial charge in [-0.25, -0.2) is 9.59 Å². The largest absolute Gasteiger partial charge is 0.456 e. The molecule has 2 aliphatic carbocycles. The summed E-state index contributed by atoms with van der Waals surface area (Å²) < 4.78 is 38.8. The highest BCUT2D eigenvalue weighted by Gasteiger charge is 2.79. The molecule has 0 aromatic heterocycles. The quantitative estimate of drug-likeness (QED) is 0.345. The number of aliphatic hydroxyl groups is 2. The van der Waals surface area contributed by atoms with E-state index in [2.05, 4.69) is 11.3 Å². The molecule has 1 saturated heterocycles. The van der Waals surface area contributed by atoms with Gasteiger partial charge >= 0.3 is 11.9 Å². The summed E-state index contributed by atoms with van der Waals surface area (Å²) in [5.74, 6) is -1.70. The maximum absolute atomic E-state index is 12.0. The lowest BCUT2D eigenvalue weighted by atomic mass is 9.80. The van der Waals surface area contributed by atoms with Gasteiger partial charge < -0.3 is 19.7 Å². The van der Waals surface area contributed by atoms with Crippen molar-refractivity contribution in [3.05, 3.63) is 12.2 Å². The number of aliphatic hydroxyl groups excluding tert-OH is 1. The highest BCUT2D eigenvalue weighted by atomic mass is 32.2. The summed E-state index contributed by atoms with van der Waals surface area (Å²) in [6.45, 7) is 3.63. The monoisotopic (exact) mass is 362 g/mol. The van der Waals surface area contributed by atoms with E-state index in [9.17, 15) is 28.2 Å². The van der Waals surface area contributed by atoms with E-state index >= 15 is 0 Å². The summed E-state index contributed by atoms with van der Waals surface area (Å²) in [7, 11) is -3.99. The van der Waals surface area contributed by atoms with Crippen LogP contribution >= 0.6 is 0 Å². The molecule has 3 rings (SSSR count). The Balaban J connectivity index is 1.76. The van der Waals surface area contributed by atoms with Gasteiger partial charge in [0.1, 0.15) is 23.1 Å². The predicted octanol–water partition coefficient (Wildman–Crippen LogP) is -1.37. The summed E-state index contributed by atoms with van der Waals surface area (Å²) >= 11 is 0. The maximum atomic E-state index is 12.0. The molecule has 2 N–H and O–H groups in total. The Morgan fingerprint density at radius 1 is 1.42 bits per heavy atom. The van der Waals surface area contributed by atoms with Crippen molar-refractivity contribution in [3.63, 3.8) is 0 Å². The first-order valence-electron chi connectivity index (χ1n) is 7.33. The fraction of sp³-hybridized carbons (Fsp3) is 0.714. The normalized spacial score (nSPS) is 41.2. The molecule has 0 aromatic carbocycles. The van der Waals surface area contributed by atoms with Crippen molar-refractivity contribution in [1.82, 2.24) is 0 Å². The molecule has 24 heavy (non-hydrogen) atoms. The second-order valence-corrected chi connectivity index (χ2v) is 8.40. The minimum absolute atomic E-state index is 0.0471. The molecule has 0 spiro atoms. The molecule has 10 heteroatoms. The van der Waals surface area contributed by atoms with E-state index in [0.717, 1.165) is 0 Å². The molecule has 3 aliphatic rings. The van der Waals surface area contributed by atoms with Crippen LogP contribution in [0.4, 0.5) is 0 Å². The molecule has 2 bridgehead atoms. The van der Waals surface area contributed by atoms with E-state index < -0.39 is 63.7 Å². The molecule has 0 aromatic rings. The van der Waals surface area contributed by atoms with E-state index in [1.807, 2.05) is 0 Å². The minimum Gasteiger partial charge on any atom is -0.456 e. The van der Waals surface area contributed by atoms with Crippen molar-refractivity contribution < 1.29 is 41.9 Å². The number of hydrogen-bond donors (Lipinski definition) is 2. The Labute approximate surface area is 138 Å². The summed E-state index contributed by atoms with van der Waals surface area (Å²) in [6, 6.07) is 0. The zero-order valence-electron chi connectivity index (χ0n) is 12.9. The maximum Gasteiger partial charge on any atom is 0.344 e. The number of carbonyl (C=O) groups is 2. The van der Waals surface area contributed by atoms with Crippen LogP contribution in [-0.4, -0.2) is 66.8 Å². The number of esters is 2. The highest BCUT2D eigenvalue weighted by molar-refractivity contribution is 7.87. The molecule has 5 atom stereocenters. The third-order valence-electron chi connectivity index (χ3n) is 4.99. The summed E-state index contributed by atoms with van der Waals surface area (Å²) in [5, 5.41) is 19.2. The smallest absolute Gasteiger partial charge is 0.344 e. The Morgan fingerprint density at radius 3 is 2.67 bits per heavy atom. The number of carbonyl (C=O) groups excluding carboxylic acids is 2. The number of hydrogen-bond acceptors (Lipinski definition) is 9. The second kappa shape index (κ2) is 5.25. The molecule has 0 amide bonds. The van der Waals surface area contributed by atoms with Crippen LogP contribution in [0.5, 0.6) is 0 Å². The van der Waals surface area contributed by atoms with Gasteiger partial charge in [-0.2, -0.15) is 8.42 Å². The van der Waals surface area contributed by atoms with Crippen LogP contribution in [0, 0.1) is 5.41 Å². The van der Waals surface area contributed by atoms with Gasteiger partial charge in [-0.1, -0.05) is 6.58 Å². The lowest BCUT2D eigenvalue weighted by molar-refractivity contribution is -0.174. The Morgan fingerprint density at radius 2 is 2.08 bits per heavy atom. The lowest BCUT2D eigenvalue weighted by Gasteiger charge is -2.34. The van der Waals surface area contributed by atoms with Crippen LogP contribution < -0.4 is 0 Å². The van der Waals surface area contributed by atoms with Crippen molar-refractivity contribution in [2.45, 2.75) is 42.8 Å². The van der Waals surface area contributed by atoms with Crippen LogP contribution in [0.3, 0.4) is 0 Å². The first kappa shape index (κ1) is 17.3. The third kappa shape index (κ3) is 2.28. The van der Waals surface area contributed by atoms with E-state index in [1.165, 1.54) is 6.92 Å². The SMILES string of the molecule is C=C(C)C(=O)OCC(=O)OC1C2OS(=O)(=O)C3CC1(CO)CC23O. The van der Waals surface area contributed by atoms with Crippen LogP contribution in [0.25, 0.3) is 0 Å². The molecule has 9 nitrogen and oxygen atoms in total. The second-order valence-electron chi connectivity index (χ2n) is 6.66. The lowest BCUT2D eigenvalue weighted by Crippen LogP contribution is -2.52. The Kier molecular flexibility index (Phi) is 3.79. The molecule has 134 valence electrons. The fourth-order valence-electron chi connectivity index (χ4n) is 3.90. The van der Waals surface area contributed by atoms with Crippen LogP contribution in [0.1, 0.15) is 19.8 Å². The van der Waals surface area contributed by atoms with Gasteiger partial charge in [0.25, 0.3) is 10.1 Å². The molecule has 3 fully saturated rings. The summed E-state index contributed by atoms with van der Waals surface area (Å²) in [5.41, 5.74) is -2.68. The van der Waals surface area contributed by atoms with E-state index in [1.54, 1.807) is 0 Å². The highest BCUT2D eigenvalue weighted by Crippen LogP contribution is 2.64. The molecule has 5 unspecified atom stereocenters. The number of fused-ring (bicyclic) bond motifs is 1. The van der Waals surface area contributed by atoms with Gasteiger partial charge in [-0.15, -0.1) is 0 Å². The van der Waals surface area contributed by atoms with Crippen molar-refractivity contribution >= 4 is 22.1 Å². The van der Waals surface area contributed by atoms with Crippen LogP contribution in [0.2, 0.25) is 0 Å². The van der Waals surface area contributed by atoms with E-state index in [0.29, 0.717) is 0 Å². The Hall–Kier alpha value is -1.49. The summed E-state index contributed by atoms with van der Waals surface area (Å²) in [4.78, 5) is 23.2. The third-order valence-corrected chi connectivity index (χ3v) is 6.73. The summed E-state index contributed by atoms with van der Waals surface area (Å²) in [6.07, 6.45) is -2.53. The van der Waals surface area contributed by atoms with Crippen molar-refractivity contribution in [1.29, 1.82) is 0 Å². The molecule has 1 aliphatic heterocycles. The zero-order valence-corrected chi connectivity index (χ0v) is 13.7. The van der Waals surface area contributed by atoms with Gasteiger partial charge in [0.2, 0.25) is 0 Å². The van der Waals surface area contributed by atoms with E-state index in [4.69, 9.17) is 8.92 Å². The van der Waals surface area contributed by atoms with E-state index in [-0.39, 0.29) is 18.4 Å². The van der Waals surface area contributed by atoms with Gasteiger partial charge in [-0.05, 0) is 19.8 Å². The predicted molar refractivity (Wildman–Crippen MR) is 76.9 cm³/mol. The van der Waals surface area contributed by atoms with Gasteiger partial charge in [-0.3, -0.25) is 4.18 Å². The van der Waals surface area contributed by atoms with Crippen molar-refractivity contribution in [3.8, 4) is 0 Å². The van der Waals surface area contributed by atoms with Gasteiger partial charge in [0, 0.05) is 11.0 Å². The molecule has 1 heterocycles. The average molecular weight is 362 g/mol. The van der Waals surface area contributed by atoms with Crippen molar-refractivity contribution in [2.75, 3.05) is 13.2 Å². The first-order valence-corrected chi connectivity index (χ1v) is 8.80. The van der Waals surface area contributed by atoms with Gasteiger partial charge in [0.15, 0.2) is 6.61 Å². The fourth-order valence-corrected chi connectivity index (χ4v) is 5.84. The Bertz CT molecular complexity index is 714. The number of ether oxygens (including phenoxy) is 2. The molecular formula is C14H18O9S. The zero-order chi connectivity index (χ0) is 17.9.